The predicted molar refractivity (Wildman–Crippen MR) is 93.1 cm³/mol. The summed E-state index contributed by atoms with van der Waals surface area (Å²) < 4.78 is 2.03. The largest absolute Gasteiger partial charge is 0.326 e. The molecule has 0 saturated heterocycles. The first-order chi connectivity index (χ1) is 11.0. The number of nitrogens with one attached hydrogen (secondary N) is 1. The molecule has 2 aromatic heterocycles. The minimum Gasteiger partial charge on any atom is -0.326 e. The Labute approximate surface area is 140 Å². The molecule has 0 unspecified atom stereocenters. The second kappa shape index (κ2) is 6.42. The van der Waals surface area contributed by atoms with Gasteiger partial charge < -0.3 is 9.72 Å². The van der Waals surface area contributed by atoms with Crippen LogP contribution in [0.15, 0.2) is 42.6 Å². The smallest absolute Gasteiger partial charge is 0.224 e. The molecule has 0 aliphatic carbocycles. The molecule has 0 aliphatic rings. The number of hydrogen-bond donors (Lipinski definition) is 1. The quantitative estimate of drug-likeness (QED) is 0.781. The van der Waals surface area contributed by atoms with Gasteiger partial charge in [0, 0.05) is 29.0 Å². The Bertz CT molecular complexity index is 870. The third kappa shape index (κ3) is 3.37. The van der Waals surface area contributed by atoms with E-state index in [1.165, 1.54) is 0 Å². The molecule has 0 atom stereocenters. The molecule has 0 fully saturated rings. The number of pyridine rings is 1. The summed E-state index contributed by atoms with van der Waals surface area (Å²) in [5, 5.41) is 3.54. The Morgan fingerprint density at radius 2 is 2.09 bits per heavy atom. The second-order valence-electron chi connectivity index (χ2n) is 5.58. The van der Waals surface area contributed by atoms with E-state index >= 15 is 0 Å². The Morgan fingerprint density at radius 1 is 1.26 bits per heavy atom. The number of amides is 1. The lowest BCUT2D eigenvalue weighted by molar-refractivity contribution is -0.116. The Balaban J connectivity index is 1.71. The van der Waals surface area contributed by atoms with Crippen LogP contribution in [0, 0.1) is 13.8 Å². The highest BCUT2D eigenvalue weighted by Gasteiger charge is 2.11. The normalized spacial score (nSPS) is 10.9. The molecule has 3 rings (SSSR count). The number of fused-ring (bicyclic) bond motifs is 1. The number of benzene rings is 1. The Kier molecular flexibility index (Phi) is 4.35. The zero-order valence-electron chi connectivity index (χ0n) is 13.1. The predicted octanol–water partition coefficient (Wildman–Crippen LogP) is 4.18. The first kappa shape index (κ1) is 15.6. The molecule has 0 bridgehead atoms. The van der Waals surface area contributed by atoms with Crippen molar-refractivity contribution in [2.24, 2.45) is 0 Å². The fourth-order valence-electron chi connectivity index (χ4n) is 2.64. The molecular formula is C18H18ClN3O. The zero-order valence-corrected chi connectivity index (χ0v) is 13.9. The van der Waals surface area contributed by atoms with Crippen molar-refractivity contribution in [1.82, 2.24) is 9.38 Å². The van der Waals surface area contributed by atoms with Gasteiger partial charge in [-0.3, -0.25) is 4.79 Å². The van der Waals surface area contributed by atoms with Crippen LogP contribution >= 0.6 is 11.6 Å². The number of nitrogens with zero attached hydrogens (tertiary/aromatic N) is 2. The number of hydrogen-bond acceptors (Lipinski definition) is 2. The van der Waals surface area contributed by atoms with Crippen molar-refractivity contribution in [2.75, 3.05) is 5.32 Å². The van der Waals surface area contributed by atoms with Crippen LogP contribution in [0.2, 0.25) is 5.02 Å². The van der Waals surface area contributed by atoms with E-state index in [4.69, 9.17) is 11.6 Å². The number of aromatic nitrogens is 2. The minimum atomic E-state index is -0.0272. The molecule has 5 heteroatoms. The number of carbonyl (C=O) groups excluding carboxylic acids is 1. The summed E-state index contributed by atoms with van der Waals surface area (Å²) in [7, 11) is 0. The molecule has 0 aliphatic heterocycles. The molecule has 1 aromatic carbocycles. The van der Waals surface area contributed by atoms with Crippen molar-refractivity contribution in [3.63, 3.8) is 0 Å². The molecule has 0 radical (unpaired) electrons. The van der Waals surface area contributed by atoms with Crippen LogP contribution in [0.25, 0.3) is 5.65 Å². The van der Waals surface area contributed by atoms with Gasteiger partial charge in [-0.1, -0.05) is 23.7 Å². The fourth-order valence-corrected chi connectivity index (χ4v) is 2.81. The monoisotopic (exact) mass is 327 g/mol. The third-order valence-corrected chi connectivity index (χ3v) is 4.13. The summed E-state index contributed by atoms with van der Waals surface area (Å²) >= 11 is 5.98. The van der Waals surface area contributed by atoms with E-state index < -0.39 is 0 Å². The van der Waals surface area contributed by atoms with Gasteiger partial charge in [0.2, 0.25) is 5.91 Å². The lowest BCUT2D eigenvalue weighted by Crippen LogP contribution is -2.14. The minimum absolute atomic E-state index is 0.0272. The van der Waals surface area contributed by atoms with Gasteiger partial charge in [0.1, 0.15) is 5.65 Å². The average molecular weight is 328 g/mol. The van der Waals surface area contributed by atoms with Crippen LogP contribution in [0.3, 0.4) is 0 Å². The highest BCUT2D eigenvalue weighted by molar-refractivity contribution is 6.31. The molecule has 4 nitrogen and oxygen atoms in total. The van der Waals surface area contributed by atoms with Crippen molar-refractivity contribution in [2.45, 2.75) is 26.7 Å². The maximum absolute atomic E-state index is 12.2. The molecule has 118 valence electrons. The summed E-state index contributed by atoms with van der Waals surface area (Å²) in [4.78, 5) is 16.7. The van der Waals surface area contributed by atoms with Crippen molar-refractivity contribution in [3.8, 4) is 0 Å². The van der Waals surface area contributed by atoms with E-state index in [1.807, 2.05) is 54.8 Å². The van der Waals surface area contributed by atoms with E-state index in [1.54, 1.807) is 6.07 Å². The number of halogens is 1. The maximum atomic E-state index is 12.2. The summed E-state index contributed by atoms with van der Waals surface area (Å²) in [6.07, 6.45) is 3.02. The Morgan fingerprint density at radius 3 is 2.91 bits per heavy atom. The summed E-state index contributed by atoms with van der Waals surface area (Å²) in [6, 6.07) is 11.4. The van der Waals surface area contributed by atoms with Gasteiger partial charge in [0.25, 0.3) is 0 Å². The van der Waals surface area contributed by atoms with E-state index in [2.05, 4.69) is 10.3 Å². The van der Waals surface area contributed by atoms with Crippen molar-refractivity contribution in [3.05, 3.63) is 64.6 Å². The van der Waals surface area contributed by atoms with Gasteiger partial charge in [-0.15, -0.1) is 0 Å². The topological polar surface area (TPSA) is 46.4 Å². The van der Waals surface area contributed by atoms with Crippen LogP contribution in [-0.4, -0.2) is 15.3 Å². The van der Waals surface area contributed by atoms with Crippen LogP contribution < -0.4 is 5.32 Å². The first-order valence-corrected chi connectivity index (χ1v) is 7.91. The van der Waals surface area contributed by atoms with Gasteiger partial charge in [-0.25, -0.2) is 4.98 Å². The van der Waals surface area contributed by atoms with E-state index in [0.717, 1.165) is 28.3 Å². The molecule has 2 heterocycles. The van der Waals surface area contributed by atoms with Crippen LogP contribution in [0.1, 0.15) is 23.4 Å². The molecule has 0 saturated carbocycles. The highest BCUT2D eigenvalue weighted by atomic mass is 35.5. The highest BCUT2D eigenvalue weighted by Crippen LogP contribution is 2.21. The number of anilines is 1. The lowest BCUT2D eigenvalue weighted by atomic mass is 10.1. The fraction of sp³-hybridized carbons (Fsp3) is 0.222. The molecule has 0 spiro atoms. The number of rotatable bonds is 4. The summed E-state index contributed by atoms with van der Waals surface area (Å²) in [5.41, 5.74) is 4.69. The van der Waals surface area contributed by atoms with Crippen molar-refractivity contribution < 1.29 is 4.79 Å². The van der Waals surface area contributed by atoms with Crippen LogP contribution in [0.4, 0.5) is 5.69 Å². The SMILES string of the molecule is Cc1ccc(Cl)cc1NC(=O)CCc1c(C)nc2ccccn12. The van der Waals surface area contributed by atoms with Crippen LogP contribution in [-0.2, 0) is 11.2 Å². The van der Waals surface area contributed by atoms with Crippen LogP contribution in [0.5, 0.6) is 0 Å². The van der Waals surface area contributed by atoms with Gasteiger partial charge in [-0.2, -0.15) is 0 Å². The molecule has 23 heavy (non-hydrogen) atoms. The summed E-state index contributed by atoms with van der Waals surface area (Å²) in [6.45, 7) is 3.92. The van der Waals surface area contributed by atoms with E-state index in [-0.39, 0.29) is 5.91 Å². The van der Waals surface area contributed by atoms with E-state index in [9.17, 15) is 4.79 Å². The van der Waals surface area contributed by atoms with Gasteiger partial charge in [0.05, 0.1) is 5.69 Å². The number of carbonyl (C=O) groups is 1. The molecule has 1 N–H and O–H groups in total. The third-order valence-electron chi connectivity index (χ3n) is 3.89. The molecular weight excluding hydrogens is 310 g/mol. The lowest BCUT2D eigenvalue weighted by Gasteiger charge is -2.09. The summed E-state index contributed by atoms with van der Waals surface area (Å²) in [5.74, 6) is -0.0272. The van der Waals surface area contributed by atoms with Crippen molar-refractivity contribution >= 4 is 28.8 Å². The average Bonchev–Trinajstić information content (AvgIpc) is 2.84. The second-order valence-corrected chi connectivity index (χ2v) is 6.02. The van der Waals surface area contributed by atoms with Gasteiger partial charge >= 0.3 is 0 Å². The van der Waals surface area contributed by atoms with Gasteiger partial charge in [-0.05, 0) is 50.1 Å². The van der Waals surface area contributed by atoms with E-state index in [0.29, 0.717) is 17.9 Å². The number of aryl methyl sites for hydroxylation is 3. The Hall–Kier alpha value is -2.33. The zero-order chi connectivity index (χ0) is 16.4. The first-order valence-electron chi connectivity index (χ1n) is 7.53. The maximum Gasteiger partial charge on any atom is 0.224 e. The van der Waals surface area contributed by atoms with Gasteiger partial charge in [0.15, 0.2) is 0 Å². The number of imidazole rings is 1. The molecule has 3 aromatic rings. The van der Waals surface area contributed by atoms with Crippen molar-refractivity contribution in [1.29, 1.82) is 0 Å². The molecule has 1 amide bonds. The standard InChI is InChI=1S/C18H18ClN3O/c1-12-6-7-14(19)11-15(12)21-18(23)9-8-16-13(2)20-17-5-3-4-10-22(16)17/h3-7,10-11H,8-9H2,1-2H3,(H,21,23).